The third kappa shape index (κ3) is 2.95. The van der Waals surface area contributed by atoms with Gasteiger partial charge < -0.3 is 10.0 Å². The Balaban J connectivity index is 2.06. The lowest BCUT2D eigenvalue weighted by molar-refractivity contribution is 0.161. The Hall–Kier alpha value is -0.540. The molecule has 1 aliphatic heterocycles. The summed E-state index contributed by atoms with van der Waals surface area (Å²) in [7, 11) is 0. The Kier molecular flexibility index (Phi) is 3.65. The molecule has 1 aromatic carbocycles. The minimum atomic E-state index is -0.106. The van der Waals surface area contributed by atoms with Gasteiger partial charge in [0.05, 0.1) is 6.10 Å². The predicted molar refractivity (Wildman–Crippen MR) is 66.2 cm³/mol. The lowest BCUT2D eigenvalue weighted by atomic mass is 10.2. The Labute approximate surface area is 99.0 Å². The Bertz CT molecular complexity index is 312. The predicted octanol–water partition coefficient (Wildman–Crippen LogP) is 2.80. The number of hydrogen-bond acceptors (Lipinski definition) is 2. The van der Waals surface area contributed by atoms with Crippen LogP contribution in [0.5, 0.6) is 0 Å². The fourth-order valence-electron chi connectivity index (χ4n) is 1.99. The van der Waals surface area contributed by atoms with Crippen LogP contribution in [0.3, 0.4) is 0 Å². The van der Waals surface area contributed by atoms with Crippen LogP contribution in [-0.4, -0.2) is 24.3 Å². The van der Waals surface area contributed by atoms with E-state index in [2.05, 4.69) is 45.1 Å². The lowest BCUT2D eigenvalue weighted by Crippen LogP contribution is -2.24. The molecule has 0 radical (unpaired) electrons. The number of benzene rings is 1. The molecule has 0 saturated carbocycles. The zero-order valence-corrected chi connectivity index (χ0v) is 10.3. The van der Waals surface area contributed by atoms with Crippen molar-refractivity contribution in [1.82, 2.24) is 0 Å². The monoisotopic (exact) mass is 269 g/mol. The Morgan fingerprint density at radius 2 is 1.87 bits per heavy atom. The fourth-order valence-corrected chi connectivity index (χ4v) is 2.25. The first kappa shape index (κ1) is 11.0. The smallest absolute Gasteiger partial charge is 0.0557 e. The number of aliphatic hydroxyl groups is 1. The average molecular weight is 270 g/mol. The van der Waals surface area contributed by atoms with Gasteiger partial charge >= 0.3 is 0 Å². The minimum absolute atomic E-state index is 0.106. The van der Waals surface area contributed by atoms with E-state index < -0.39 is 0 Å². The van der Waals surface area contributed by atoms with Crippen molar-refractivity contribution in [3.8, 4) is 0 Å². The normalized spacial score (nSPS) is 22.5. The summed E-state index contributed by atoms with van der Waals surface area (Å²) in [6.07, 6.45) is 2.80. The number of halogens is 1. The van der Waals surface area contributed by atoms with Crippen LogP contribution in [0.15, 0.2) is 28.7 Å². The van der Waals surface area contributed by atoms with Crippen LogP contribution in [0.25, 0.3) is 0 Å². The van der Waals surface area contributed by atoms with E-state index in [4.69, 9.17) is 0 Å². The Morgan fingerprint density at radius 1 is 1.13 bits per heavy atom. The molecule has 1 aromatic rings. The second-order valence-corrected chi connectivity index (χ2v) is 4.96. The van der Waals surface area contributed by atoms with Crippen molar-refractivity contribution < 1.29 is 5.11 Å². The van der Waals surface area contributed by atoms with Gasteiger partial charge in [-0.1, -0.05) is 15.9 Å². The van der Waals surface area contributed by atoms with E-state index in [1.807, 2.05) is 0 Å². The van der Waals surface area contributed by atoms with Crippen LogP contribution in [0, 0.1) is 0 Å². The summed E-state index contributed by atoms with van der Waals surface area (Å²) >= 11 is 3.44. The molecule has 0 aromatic heterocycles. The molecular weight excluding hydrogens is 254 g/mol. The van der Waals surface area contributed by atoms with Gasteiger partial charge in [-0.25, -0.2) is 0 Å². The Morgan fingerprint density at radius 3 is 2.60 bits per heavy atom. The maximum Gasteiger partial charge on any atom is 0.0557 e. The summed E-state index contributed by atoms with van der Waals surface area (Å²) in [5, 5.41) is 9.56. The molecule has 2 nitrogen and oxygen atoms in total. The zero-order valence-electron chi connectivity index (χ0n) is 8.69. The molecule has 15 heavy (non-hydrogen) atoms. The van der Waals surface area contributed by atoms with Gasteiger partial charge in [0.1, 0.15) is 0 Å². The summed E-state index contributed by atoms with van der Waals surface area (Å²) in [6, 6.07) is 8.39. The summed E-state index contributed by atoms with van der Waals surface area (Å²) in [4.78, 5) is 2.35. The maximum absolute atomic E-state index is 9.56. The van der Waals surface area contributed by atoms with E-state index in [-0.39, 0.29) is 6.10 Å². The first-order valence-corrected chi connectivity index (χ1v) is 6.23. The molecule has 0 spiro atoms. The minimum Gasteiger partial charge on any atom is -0.393 e. The molecular formula is C12H16BrNO. The van der Waals surface area contributed by atoms with Gasteiger partial charge in [0.15, 0.2) is 0 Å². The van der Waals surface area contributed by atoms with Gasteiger partial charge in [-0.15, -0.1) is 0 Å². The number of hydrogen-bond donors (Lipinski definition) is 1. The molecule has 1 atom stereocenters. The van der Waals surface area contributed by atoms with Crippen molar-refractivity contribution >= 4 is 21.6 Å². The number of anilines is 1. The molecule has 0 amide bonds. The second-order valence-electron chi connectivity index (χ2n) is 4.05. The fraction of sp³-hybridized carbons (Fsp3) is 0.500. The molecule has 1 aliphatic rings. The van der Waals surface area contributed by atoms with E-state index in [0.29, 0.717) is 0 Å². The second kappa shape index (κ2) is 4.99. The van der Waals surface area contributed by atoms with E-state index in [1.165, 1.54) is 5.69 Å². The van der Waals surface area contributed by atoms with Gasteiger partial charge in [-0.2, -0.15) is 0 Å². The van der Waals surface area contributed by atoms with Crippen molar-refractivity contribution in [3.63, 3.8) is 0 Å². The van der Waals surface area contributed by atoms with Gasteiger partial charge in [-0.05, 0) is 43.5 Å². The van der Waals surface area contributed by atoms with Crippen LogP contribution in [0.4, 0.5) is 5.69 Å². The molecule has 3 heteroatoms. The van der Waals surface area contributed by atoms with Crippen LogP contribution >= 0.6 is 15.9 Å². The highest BCUT2D eigenvalue weighted by Gasteiger charge is 2.14. The highest BCUT2D eigenvalue weighted by molar-refractivity contribution is 9.10. The third-order valence-corrected chi connectivity index (χ3v) is 3.42. The highest BCUT2D eigenvalue weighted by Crippen LogP contribution is 2.21. The largest absolute Gasteiger partial charge is 0.393 e. The van der Waals surface area contributed by atoms with Gasteiger partial charge in [0.2, 0.25) is 0 Å². The SMILES string of the molecule is OC1CCCN(c2ccc(Br)cc2)CC1. The topological polar surface area (TPSA) is 23.5 Å². The average Bonchev–Trinajstić information content (AvgIpc) is 2.44. The van der Waals surface area contributed by atoms with Crippen molar-refractivity contribution in [2.24, 2.45) is 0 Å². The summed E-state index contributed by atoms with van der Waals surface area (Å²) in [6.45, 7) is 2.02. The number of rotatable bonds is 1. The van der Waals surface area contributed by atoms with E-state index in [0.717, 1.165) is 36.8 Å². The molecule has 1 unspecified atom stereocenters. The molecule has 0 bridgehead atoms. The van der Waals surface area contributed by atoms with E-state index in [1.54, 1.807) is 0 Å². The first-order valence-electron chi connectivity index (χ1n) is 5.44. The molecule has 1 heterocycles. The van der Waals surface area contributed by atoms with Gasteiger partial charge in [0.25, 0.3) is 0 Å². The lowest BCUT2D eigenvalue weighted by Gasteiger charge is -2.22. The van der Waals surface area contributed by atoms with Crippen LogP contribution in [0.1, 0.15) is 19.3 Å². The molecule has 2 rings (SSSR count). The standard InChI is InChI=1S/C12H16BrNO/c13-10-3-5-11(6-4-10)14-8-1-2-12(15)7-9-14/h3-6,12,15H,1-2,7-9H2. The van der Waals surface area contributed by atoms with E-state index in [9.17, 15) is 5.11 Å². The zero-order chi connectivity index (χ0) is 10.7. The highest BCUT2D eigenvalue weighted by atomic mass is 79.9. The molecule has 1 fully saturated rings. The number of aliphatic hydroxyl groups excluding tert-OH is 1. The first-order chi connectivity index (χ1) is 7.25. The third-order valence-electron chi connectivity index (χ3n) is 2.89. The van der Waals surface area contributed by atoms with Crippen LogP contribution in [0.2, 0.25) is 0 Å². The van der Waals surface area contributed by atoms with Crippen molar-refractivity contribution in [1.29, 1.82) is 0 Å². The number of nitrogens with zero attached hydrogens (tertiary/aromatic N) is 1. The summed E-state index contributed by atoms with van der Waals surface area (Å²) in [5.41, 5.74) is 1.26. The van der Waals surface area contributed by atoms with Crippen LogP contribution in [-0.2, 0) is 0 Å². The van der Waals surface area contributed by atoms with Crippen molar-refractivity contribution in [3.05, 3.63) is 28.7 Å². The van der Waals surface area contributed by atoms with Crippen molar-refractivity contribution in [2.75, 3.05) is 18.0 Å². The van der Waals surface area contributed by atoms with Crippen LogP contribution < -0.4 is 4.90 Å². The van der Waals surface area contributed by atoms with Crippen molar-refractivity contribution in [2.45, 2.75) is 25.4 Å². The molecule has 1 N–H and O–H groups in total. The maximum atomic E-state index is 9.56. The van der Waals surface area contributed by atoms with E-state index >= 15 is 0 Å². The molecule has 0 aliphatic carbocycles. The summed E-state index contributed by atoms with van der Waals surface area (Å²) < 4.78 is 1.11. The van der Waals surface area contributed by atoms with Gasteiger partial charge in [0, 0.05) is 23.2 Å². The summed E-state index contributed by atoms with van der Waals surface area (Å²) in [5.74, 6) is 0. The molecule has 82 valence electrons. The van der Waals surface area contributed by atoms with Gasteiger partial charge in [-0.3, -0.25) is 0 Å². The quantitative estimate of drug-likeness (QED) is 0.848. The molecule has 1 saturated heterocycles.